The molecule has 0 radical (unpaired) electrons. The first kappa shape index (κ1) is 21.3. The number of morpholine rings is 1. The minimum Gasteiger partial charge on any atom is -0.449 e. The minimum atomic E-state index is -0.901. The molecule has 1 aliphatic heterocycles. The van der Waals surface area contributed by atoms with Crippen LogP contribution in [0.2, 0.25) is 5.02 Å². The van der Waals surface area contributed by atoms with E-state index in [1.54, 1.807) is 25.1 Å². The van der Waals surface area contributed by atoms with E-state index >= 15 is 0 Å². The van der Waals surface area contributed by atoms with E-state index in [9.17, 15) is 9.59 Å². The normalized spacial score (nSPS) is 15.5. The maximum absolute atomic E-state index is 12.3. The summed E-state index contributed by atoms with van der Waals surface area (Å²) in [4.78, 5) is 26.0. The molecule has 0 aromatic heterocycles. The molecule has 0 spiro atoms. The number of hydrogen-bond acceptors (Lipinski definition) is 4. The van der Waals surface area contributed by atoms with E-state index in [0.29, 0.717) is 10.6 Å². The minimum absolute atomic E-state index is 0.277. The van der Waals surface area contributed by atoms with Gasteiger partial charge < -0.3 is 19.7 Å². The van der Waals surface area contributed by atoms with Gasteiger partial charge in [0.1, 0.15) is 19.6 Å². The van der Waals surface area contributed by atoms with Crippen molar-refractivity contribution in [3.8, 4) is 0 Å². The molecule has 1 fully saturated rings. The summed E-state index contributed by atoms with van der Waals surface area (Å²) < 4.78 is 10.7. The molecule has 1 aliphatic rings. The summed E-state index contributed by atoms with van der Waals surface area (Å²) >= 11 is 6.08. The molecule has 3 rings (SSSR count). The van der Waals surface area contributed by atoms with E-state index in [1.807, 2.05) is 30.3 Å². The molecule has 0 saturated carbocycles. The number of amides is 1. The Morgan fingerprint density at radius 2 is 1.83 bits per heavy atom. The van der Waals surface area contributed by atoms with E-state index < -0.39 is 12.1 Å². The van der Waals surface area contributed by atoms with Gasteiger partial charge >= 0.3 is 5.97 Å². The third-order valence-corrected chi connectivity index (χ3v) is 5.28. The lowest BCUT2D eigenvalue weighted by molar-refractivity contribution is -0.921. The number of carbonyl (C=O) groups is 2. The zero-order valence-electron chi connectivity index (χ0n) is 16.4. The zero-order chi connectivity index (χ0) is 20.6. The van der Waals surface area contributed by atoms with Crippen molar-refractivity contribution in [2.45, 2.75) is 26.1 Å². The zero-order valence-corrected chi connectivity index (χ0v) is 17.2. The Kier molecular flexibility index (Phi) is 7.63. The lowest BCUT2D eigenvalue weighted by Crippen LogP contribution is -3.12. The summed E-state index contributed by atoms with van der Waals surface area (Å²) in [6, 6.07) is 14.6. The van der Waals surface area contributed by atoms with E-state index in [-0.39, 0.29) is 12.5 Å². The molecular weight excluding hydrogens is 392 g/mol. The van der Waals surface area contributed by atoms with Crippen LogP contribution < -0.4 is 10.2 Å². The van der Waals surface area contributed by atoms with Crippen LogP contribution in [0.3, 0.4) is 0 Å². The van der Waals surface area contributed by atoms with Crippen molar-refractivity contribution in [2.24, 2.45) is 0 Å². The van der Waals surface area contributed by atoms with Gasteiger partial charge in [0, 0.05) is 17.1 Å². The Morgan fingerprint density at radius 3 is 2.52 bits per heavy atom. The van der Waals surface area contributed by atoms with Crippen LogP contribution >= 0.6 is 11.6 Å². The van der Waals surface area contributed by atoms with E-state index in [4.69, 9.17) is 21.1 Å². The van der Waals surface area contributed by atoms with Crippen LogP contribution in [0.5, 0.6) is 0 Å². The second-order valence-electron chi connectivity index (χ2n) is 7.09. The number of quaternary nitrogens is 1. The number of carbonyl (C=O) groups excluding carboxylic acids is 2. The second-order valence-corrected chi connectivity index (χ2v) is 7.50. The van der Waals surface area contributed by atoms with Gasteiger partial charge in [-0.05, 0) is 30.7 Å². The van der Waals surface area contributed by atoms with Crippen LogP contribution in [0.25, 0.3) is 0 Å². The SMILES string of the molecule is C[C@H](OC(=O)c1ccc(C[NH+]2CCOCC2)cc1)C(=O)NCc1ccccc1Cl. The van der Waals surface area contributed by atoms with Crippen molar-refractivity contribution >= 4 is 23.5 Å². The molecule has 0 bridgehead atoms. The lowest BCUT2D eigenvalue weighted by Gasteiger charge is -2.23. The van der Waals surface area contributed by atoms with Gasteiger partial charge in [-0.3, -0.25) is 4.79 Å². The number of ether oxygens (including phenoxy) is 2. The number of esters is 1. The van der Waals surface area contributed by atoms with E-state index in [0.717, 1.165) is 44.0 Å². The third-order valence-electron chi connectivity index (χ3n) is 4.91. The summed E-state index contributed by atoms with van der Waals surface area (Å²) in [6.45, 7) is 6.29. The third kappa shape index (κ3) is 6.29. The van der Waals surface area contributed by atoms with Crippen molar-refractivity contribution < 1.29 is 24.0 Å². The summed E-state index contributed by atoms with van der Waals surface area (Å²) in [6.07, 6.45) is -0.901. The fourth-order valence-corrected chi connectivity index (χ4v) is 3.34. The van der Waals surface area contributed by atoms with Crippen LogP contribution in [-0.2, 0) is 27.4 Å². The van der Waals surface area contributed by atoms with Gasteiger partial charge in [0.25, 0.3) is 5.91 Å². The highest BCUT2D eigenvalue weighted by atomic mass is 35.5. The van der Waals surface area contributed by atoms with Gasteiger partial charge in [0.05, 0.1) is 18.8 Å². The number of hydrogen-bond donors (Lipinski definition) is 2. The number of rotatable bonds is 7. The molecule has 7 heteroatoms. The molecule has 1 amide bonds. The number of benzene rings is 2. The van der Waals surface area contributed by atoms with Crippen molar-refractivity contribution in [3.63, 3.8) is 0 Å². The standard InChI is InChI=1S/C22H25ClN2O4/c1-16(21(26)24-14-19-4-2-3-5-20(19)23)29-22(27)18-8-6-17(7-9-18)15-25-10-12-28-13-11-25/h2-9,16H,10-15H2,1H3,(H,24,26)/p+1/t16-/m0/s1. The van der Waals surface area contributed by atoms with E-state index in [2.05, 4.69) is 5.32 Å². The molecule has 2 N–H and O–H groups in total. The van der Waals surface area contributed by atoms with Crippen molar-refractivity contribution in [1.82, 2.24) is 5.32 Å². The van der Waals surface area contributed by atoms with Gasteiger partial charge in [-0.25, -0.2) is 4.79 Å². The highest BCUT2D eigenvalue weighted by molar-refractivity contribution is 6.31. The Morgan fingerprint density at radius 1 is 1.14 bits per heavy atom. The fourth-order valence-electron chi connectivity index (χ4n) is 3.13. The Bertz CT molecular complexity index is 835. The van der Waals surface area contributed by atoms with E-state index in [1.165, 1.54) is 4.90 Å². The van der Waals surface area contributed by atoms with Crippen LogP contribution in [0.15, 0.2) is 48.5 Å². The molecule has 0 unspecified atom stereocenters. The predicted octanol–water partition coefficient (Wildman–Crippen LogP) is 1.62. The Balaban J connectivity index is 1.48. The molecular formula is C22H26ClN2O4+. The quantitative estimate of drug-likeness (QED) is 0.672. The first-order valence-corrected chi connectivity index (χ1v) is 10.1. The highest BCUT2D eigenvalue weighted by Crippen LogP contribution is 2.14. The monoisotopic (exact) mass is 417 g/mol. The first-order chi connectivity index (χ1) is 14.0. The number of nitrogens with one attached hydrogen (secondary N) is 2. The maximum atomic E-state index is 12.3. The van der Waals surface area contributed by atoms with Crippen LogP contribution in [-0.4, -0.2) is 44.3 Å². The molecule has 6 nitrogen and oxygen atoms in total. The second kappa shape index (κ2) is 10.4. The largest absolute Gasteiger partial charge is 0.449 e. The first-order valence-electron chi connectivity index (χ1n) is 9.75. The molecule has 154 valence electrons. The van der Waals surface area contributed by atoms with Gasteiger partial charge in [-0.1, -0.05) is 41.9 Å². The van der Waals surface area contributed by atoms with Crippen LogP contribution in [0, 0.1) is 0 Å². The van der Waals surface area contributed by atoms with Gasteiger partial charge in [0.15, 0.2) is 6.10 Å². The van der Waals surface area contributed by atoms with Crippen molar-refractivity contribution in [2.75, 3.05) is 26.3 Å². The smallest absolute Gasteiger partial charge is 0.338 e. The Labute approximate surface area is 175 Å². The highest BCUT2D eigenvalue weighted by Gasteiger charge is 2.19. The molecule has 0 aliphatic carbocycles. The van der Waals surface area contributed by atoms with Crippen LogP contribution in [0.4, 0.5) is 0 Å². The maximum Gasteiger partial charge on any atom is 0.338 e. The van der Waals surface area contributed by atoms with Gasteiger partial charge in [-0.2, -0.15) is 0 Å². The Hall–Kier alpha value is -2.41. The van der Waals surface area contributed by atoms with Crippen molar-refractivity contribution in [1.29, 1.82) is 0 Å². The summed E-state index contributed by atoms with van der Waals surface area (Å²) in [5.74, 6) is -0.888. The molecule has 2 aromatic carbocycles. The number of halogens is 1. The molecule has 1 atom stereocenters. The molecule has 2 aromatic rings. The molecule has 1 heterocycles. The predicted molar refractivity (Wildman–Crippen MR) is 110 cm³/mol. The van der Waals surface area contributed by atoms with Gasteiger partial charge in [0.2, 0.25) is 0 Å². The van der Waals surface area contributed by atoms with Gasteiger partial charge in [-0.15, -0.1) is 0 Å². The topological polar surface area (TPSA) is 69.1 Å². The summed E-state index contributed by atoms with van der Waals surface area (Å²) in [5.41, 5.74) is 2.39. The summed E-state index contributed by atoms with van der Waals surface area (Å²) in [7, 11) is 0. The average molecular weight is 418 g/mol. The lowest BCUT2D eigenvalue weighted by atomic mass is 10.1. The summed E-state index contributed by atoms with van der Waals surface area (Å²) in [5, 5.41) is 3.32. The van der Waals surface area contributed by atoms with Crippen molar-refractivity contribution in [3.05, 3.63) is 70.2 Å². The molecule has 29 heavy (non-hydrogen) atoms. The fraction of sp³-hybridized carbons (Fsp3) is 0.364. The van der Waals surface area contributed by atoms with Crippen LogP contribution in [0.1, 0.15) is 28.4 Å². The average Bonchev–Trinajstić information content (AvgIpc) is 2.74. The molecule has 1 saturated heterocycles.